The second-order valence-electron chi connectivity index (χ2n) is 2.37. The fourth-order valence-corrected chi connectivity index (χ4v) is 0.838. The number of rotatable bonds is 2. The first kappa shape index (κ1) is 12.4. The molecule has 0 aliphatic carbocycles. The minimum atomic E-state index is -0.304. The Morgan fingerprint density at radius 3 is 2.14 bits per heavy atom. The molecule has 0 atom stereocenters. The molecule has 14 heavy (non-hydrogen) atoms. The van der Waals surface area contributed by atoms with Crippen LogP contribution in [0.5, 0.6) is 5.75 Å². The van der Waals surface area contributed by atoms with E-state index in [0.717, 1.165) is 5.56 Å². The van der Waals surface area contributed by atoms with Crippen molar-refractivity contribution in [1.29, 1.82) is 0 Å². The van der Waals surface area contributed by atoms with Crippen LogP contribution in [-0.4, -0.2) is 5.97 Å². The van der Waals surface area contributed by atoms with Crippen molar-refractivity contribution in [3.63, 3.8) is 0 Å². The highest BCUT2D eigenvalue weighted by Gasteiger charge is 1.95. The van der Waals surface area contributed by atoms with Crippen LogP contribution in [0.2, 0.25) is 0 Å². The molecule has 1 aromatic rings. The zero-order chi connectivity index (χ0) is 11.0. The lowest BCUT2D eigenvalue weighted by atomic mass is 10.2. The van der Waals surface area contributed by atoms with Gasteiger partial charge in [-0.05, 0) is 17.7 Å². The van der Waals surface area contributed by atoms with Crippen molar-refractivity contribution in [2.24, 2.45) is 0 Å². The number of benzene rings is 1. The third-order valence-corrected chi connectivity index (χ3v) is 1.38. The van der Waals surface area contributed by atoms with Crippen molar-refractivity contribution in [3.05, 3.63) is 36.4 Å². The number of carbonyl (C=O) groups is 1. The van der Waals surface area contributed by atoms with Gasteiger partial charge in [-0.3, -0.25) is 4.79 Å². The quantitative estimate of drug-likeness (QED) is 0.531. The van der Waals surface area contributed by atoms with E-state index < -0.39 is 0 Å². The molecule has 0 aliphatic rings. The van der Waals surface area contributed by atoms with Crippen LogP contribution in [-0.2, 0) is 4.79 Å². The zero-order valence-electron chi connectivity index (χ0n) is 8.91. The molecule has 0 aromatic heterocycles. The van der Waals surface area contributed by atoms with Gasteiger partial charge in [0.1, 0.15) is 5.75 Å². The summed E-state index contributed by atoms with van der Waals surface area (Å²) < 4.78 is 4.84. The van der Waals surface area contributed by atoms with Crippen LogP contribution in [0.1, 0.15) is 26.3 Å². The molecule has 0 saturated heterocycles. The summed E-state index contributed by atoms with van der Waals surface area (Å²) in [5.41, 5.74) is 1.01. The normalized spacial score (nSPS) is 8.21. The first-order chi connectivity index (χ1) is 6.72. The van der Waals surface area contributed by atoms with Crippen molar-refractivity contribution in [2.45, 2.75) is 20.8 Å². The van der Waals surface area contributed by atoms with Crippen molar-refractivity contribution in [1.82, 2.24) is 0 Å². The van der Waals surface area contributed by atoms with Crippen LogP contribution in [0.15, 0.2) is 30.8 Å². The summed E-state index contributed by atoms with van der Waals surface area (Å²) in [5.74, 6) is 0.259. The number of ether oxygens (including phenoxy) is 1. The van der Waals surface area contributed by atoms with Gasteiger partial charge >= 0.3 is 5.97 Å². The van der Waals surface area contributed by atoms with Gasteiger partial charge in [-0.25, -0.2) is 0 Å². The predicted octanol–water partition coefficient (Wildman–Crippen LogP) is 3.28. The first-order valence-corrected chi connectivity index (χ1v) is 4.63. The Labute approximate surface area is 85.2 Å². The van der Waals surface area contributed by atoms with Crippen LogP contribution in [0, 0.1) is 0 Å². The smallest absolute Gasteiger partial charge is 0.308 e. The molecular formula is C12H16O2. The monoisotopic (exact) mass is 192 g/mol. The molecule has 0 radical (unpaired) electrons. The molecule has 0 aliphatic heterocycles. The summed E-state index contributed by atoms with van der Waals surface area (Å²) in [6.07, 6.45) is 1.73. The van der Waals surface area contributed by atoms with E-state index in [1.54, 1.807) is 18.2 Å². The van der Waals surface area contributed by atoms with E-state index >= 15 is 0 Å². The molecule has 0 heterocycles. The fourth-order valence-electron chi connectivity index (χ4n) is 0.838. The molecule has 0 amide bonds. The van der Waals surface area contributed by atoms with Gasteiger partial charge in [-0.1, -0.05) is 38.6 Å². The van der Waals surface area contributed by atoms with Crippen LogP contribution < -0.4 is 4.74 Å². The molecule has 0 fully saturated rings. The Bertz CT molecular complexity index is 286. The molecule has 0 spiro atoms. The summed E-state index contributed by atoms with van der Waals surface area (Å²) in [6.45, 7) is 8.99. The predicted molar refractivity (Wildman–Crippen MR) is 59.2 cm³/mol. The minimum Gasteiger partial charge on any atom is -0.427 e. The summed E-state index contributed by atoms with van der Waals surface area (Å²) >= 11 is 0. The second kappa shape index (κ2) is 6.89. The Hall–Kier alpha value is -1.57. The van der Waals surface area contributed by atoms with Crippen LogP contribution >= 0.6 is 0 Å². The van der Waals surface area contributed by atoms with Gasteiger partial charge in [0.15, 0.2) is 0 Å². The summed E-state index contributed by atoms with van der Waals surface area (Å²) in [4.78, 5) is 10.5. The number of hydrogen-bond donors (Lipinski definition) is 0. The highest BCUT2D eigenvalue weighted by molar-refractivity contribution is 5.69. The lowest BCUT2D eigenvalue weighted by Crippen LogP contribution is -2.00. The zero-order valence-corrected chi connectivity index (χ0v) is 8.91. The standard InChI is InChI=1S/C10H10O2.C2H6/c1-3-9-4-6-10(7-5-9)12-8(2)11;1-2/h3-7H,1H2,2H3;1-2H3. The third-order valence-electron chi connectivity index (χ3n) is 1.38. The second-order valence-corrected chi connectivity index (χ2v) is 2.37. The molecule has 0 N–H and O–H groups in total. The van der Waals surface area contributed by atoms with E-state index in [2.05, 4.69) is 6.58 Å². The molecule has 2 heteroatoms. The van der Waals surface area contributed by atoms with Crippen molar-refractivity contribution in [2.75, 3.05) is 0 Å². The maximum Gasteiger partial charge on any atom is 0.308 e. The highest BCUT2D eigenvalue weighted by atomic mass is 16.5. The fraction of sp³-hybridized carbons (Fsp3) is 0.250. The van der Waals surface area contributed by atoms with E-state index in [1.165, 1.54) is 6.92 Å². The van der Waals surface area contributed by atoms with Gasteiger partial charge < -0.3 is 4.74 Å². The van der Waals surface area contributed by atoms with Gasteiger partial charge in [0.25, 0.3) is 0 Å². The largest absolute Gasteiger partial charge is 0.427 e. The van der Waals surface area contributed by atoms with Crippen molar-refractivity contribution < 1.29 is 9.53 Å². The lowest BCUT2D eigenvalue weighted by molar-refractivity contribution is -0.131. The third kappa shape index (κ3) is 4.45. The number of hydrogen-bond acceptors (Lipinski definition) is 2. The van der Waals surface area contributed by atoms with Gasteiger partial charge in [0, 0.05) is 6.92 Å². The van der Waals surface area contributed by atoms with E-state index in [4.69, 9.17) is 4.74 Å². The Morgan fingerprint density at radius 1 is 1.29 bits per heavy atom. The van der Waals surface area contributed by atoms with Crippen molar-refractivity contribution in [3.8, 4) is 5.75 Å². The lowest BCUT2D eigenvalue weighted by Gasteiger charge is -1.99. The van der Waals surface area contributed by atoms with E-state index in [0.29, 0.717) is 5.75 Å². The number of esters is 1. The van der Waals surface area contributed by atoms with Gasteiger partial charge in [-0.15, -0.1) is 0 Å². The van der Waals surface area contributed by atoms with Crippen LogP contribution in [0.25, 0.3) is 6.08 Å². The molecule has 76 valence electrons. The van der Waals surface area contributed by atoms with Gasteiger partial charge in [0.05, 0.1) is 0 Å². The van der Waals surface area contributed by atoms with E-state index in [1.807, 2.05) is 26.0 Å². The van der Waals surface area contributed by atoms with Crippen molar-refractivity contribution >= 4 is 12.0 Å². The molecular weight excluding hydrogens is 176 g/mol. The molecule has 0 bridgehead atoms. The maximum atomic E-state index is 10.5. The summed E-state index contributed by atoms with van der Waals surface area (Å²) in [7, 11) is 0. The molecule has 2 nitrogen and oxygen atoms in total. The average molecular weight is 192 g/mol. The highest BCUT2D eigenvalue weighted by Crippen LogP contribution is 2.12. The Morgan fingerprint density at radius 2 is 1.79 bits per heavy atom. The topological polar surface area (TPSA) is 26.3 Å². The van der Waals surface area contributed by atoms with Crippen LogP contribution in [0.4, 0.5) is 0 Å². The minimum absolute atomic E-state index is 0.304. The van der Waals surface area contributed by atoms with Crippen LogP contribution in [0.3, 0.4) is 0 Å². The molecule has 0 saturated carbocycles. The number of carbonyl (C=O) groups excluding carboxylic acids is 1. The van der Waals surface area contributed by atoms with E-state index in [9.17, 15) is 4.79 Å². The first-order valence-electron chi connectivity index (χ1n) is 4.63. The van der Waals surface area contributed by atoms with Gasteiger partial charge in [-0.2, -0.15) is 0 Å². The molecule has 0 unspecified atom stereocenters. The summed E-state index contributed by atoms with van der Waals surface area (Å²) in [6, 6.07) is 7.15. The SMILES string of the molecule is C=Cc1ccc(OC(C)=O)cc1.CC. The molecule has 1 rings (SSSR count). The maximum absolute atomic E-state index is 10.5. The summed E-state index contributed by atoms with van der Waals surface area (Å²) in [5, 5.41) is 0. The Kier molecular flexibility index (Phi) is 6.12. The van der Waals surface area contributed by atoms with E-state index in [-0.39, 0.29) is 5.97 Å². The van der Waals surface area contributed by atoms with Gasteiger partial charge in [0.2, 0.25) is 0 Å². The Balaban J connectivity index is 0.000000791. The molecule has 1 aromatic carbocycles. The average Bonchev–Trinajstić information content (AvgIpc) is 2.21.